The Balaban J connectivity index is 1.60. The molecule has 3 fully saturated rings. The molecule has 0 atom stereocenters. The number of hydrogen-bond donors (Lipinski definition) is 0. The lowest BCUT2D eigenvalue weighted by atomic mass is 9.95. The van der Waals surface area contributed by atoms with Crippen molar-refractivity contribution in [1.29, 1.82) is 0 Å². The number of rotatable bonds is 6. The maximum Gasteiger partial charge on any atom is 0.330 e. The molecule has 1 spiro atoms. The molecule has 4 nitrogen and oxygen atoms in total. The molecule has 5 heteroatoms. The quantitative estimate of drug-likeness (QED) is 0.406. The largest absolute Gasteiger partial charge is 0.463 e. The molecule has 3 aliphatic rings. The van der Waals surface area contributed by atoms with Crippen molar-refractivity contribution in [2.75, 3.05) is 12.4 Å². The highest BCUT2D eigenvalue weighted by Crippen LogP contribution is 2.48. The average molecular weight is 427 g/mol. The minimum Gasteiger partial charge on any atom is -0.463 e. The molecule has 2 aliphatic carbocycles. The molecule has 1 heterocycles. The molecule has 0 N–H and O–H groups in total. The van der Waals surface area contributed by atoms with Crippen molar-refractivity contribution in [3.8, 4) is 0 Å². The predicted molar refractivity (Wildman–Crippen MR) is 126 cm³/mol. The van der Waals surface area contributed by atoms with Crippen molar-refractivity contribution in [2.24, 2.45) is 4.99 Å². The van der Waals surface area contributed by atoms with Crippen LogP contribution in [0.4, 0.5) is 5.69 Å². The van der Waals surface area contributed by atoms with E-state index in [1.807, 2.05) is 24.8 Å². The van der Waals surface area contributed by atoms with E-state index in [9.17, 15) is 4.79 Å². The summed E-state index contributed by atoms with van der Waals surface area (Å²) in [6.07, 6.45) is 15.0. The van der Waals surface area contributed by atoms with Gasteiger partial charge in [-0.2, -0.15) is 0 Å². The third kappa shape index (κ3) is 4.46. The molecule has 0 bridgehead atoms. The van der Waals surface area contributed by atoms with Crippen LogP contribution < -0.4 is 0 Å². The number of hydrogen-bond acceptors (Lipinski definition) is 4. The van der Waals surface area contributed by atoms with E-state index in [0.29, 0.717) is 18.2 Å². The van der Waals surface area contributed by atoms with Gasteiger partial charge in [0.2, 0.25) is 0 Å². The van der Waals surface area contributed by atoms with E-state index in [-0.39, 0.29) is 5.97 Å². The van der Waals surface area contributed by atoms with Gasteiger partial charge < -0.3 is 9.64 Å². The fourth-order valence-electron chi connectivity index (χ4n) is 5.31. The first-order chi connectivity index (χ1) is 14.6. The number of nitrogens with zero attached hydrogens (tertiary/aromatic N) is 2. The molecule has 1 aromatic rings. The lowest BCUT2D eigenvalue weighted by Crippen LogP contribution is -2.50. The molecule has 1 saturated heterocycles. The van der Waals surface area contributed by atoms with Crippen molar-refractivity contribution in [2.45, 2.75) is 83.2 Å². The Morgan fingerprint density at radius 3 is 2.70 bits per heavy atom. The second-order valence-corrected chi connectivity index (χ2v) is 9.69. The number of carbonyl (C=O) groups excluding carboxylic acids is 1. The molecule has 2 saturated carbocycles. The number of aliphatic imine (C=N–C) groups is 1. The molecule has 1 aromatic carbocycles. The second kappa shape index (κ2) is 9.59. The molecule has 162 valence electrons. The van der Waals surface area contributed by atoms with Gasteiger partial charge in [-0.25, -0.2) is 9.79 Å². The van der Waals surface area contributed by atoms with E-state index in [1.54, 1.807) is 0 Å². The number of amidine groups is 1. The Morgan fingerprint density at radius 1 is 1.23 bits per heavy atom. The Labute approximate surface area is 185 Å². The first kappa shape index (κ1) is 21.5. The van der Waals surface area contributed by atoms with Gasteiger partial charge in [-0.1, -0.05) is 50.4 Å². The van der Waals surface area contributed by atoms with Gasteiger partial charge in [-0.05, 0) is 68.4 Å². The first-order valence-electron chi connectivity index (χ1n) is 11.6. The van der Waals surface area contributed by atoms with Crippen LogP contribution in [-0.4, -0.2) is 40.0 Å². The Hall–Kier alpha value is -1.75. The molecule has 0 amide bonds. The van der Waals surface area contributed by atoms with Crippen LogP contribution in [0.5, 0.6) is 0 Å². The third-order valence-corrected chi connectivity index (χ3v) is 8.04. The Bertz CT molecular complexity index is 820. The molecule has 0 radical (unpaired) electrons. The summed E-state index contributed by atoms with van der Waals surface area (Å²) in [5.74, 6) is 0.903. The summed E-state index contributed by atoms with van der Waals surface area (Å²) in [4.78, 5) is 19.6. The van der Waals surface area contributed by atoms with E-state index in [4.69, 9.17) is 9.73 Å². The minimum absolute atomic E-state index is 0.295. The molecule has 0 aromatic heterocycles. The lowest BCUT2D eigenvalue weighted by Gasteiger charge is -2.40. The number of aryl methyl sites for hydroxylation is 1. The van der Waals surface area contributed by atoms with Crippen molar-refractivity contribution in [3.05, 3.63) is 35.4 Å². The zero-order valence-electron chi connectivity index (χ0n) is 18.4. The number of carbonyl (C=O) groups is 1. The molecular formula is C25H34N2O2S. The van der Waals surface area contributed by atoms with Gasteiger partial charge in [0.05, 0.1) is 17.8 Å². The van der Waals surface area contributed by atoms with Gasteiger partial charge in [0.1, 0.15) is 0 Å². The van der Waals surface area contributed by atoms with Crippen LogP contribution in [0.2, 0.25) is 0 Å². The number of thioether (sulfide) groups is 1. The minimum atomic E-state index is -0.295. The van der Waals surface area contributed by atoms with Crippen LogP contribution in [0.3, 0.4) is 0 Å². The van der Waals surface area contributed by atoms with E-state index in [1.165, 1.54) is 73.9 Å². The second-order valence-electron chi connectivity index (χ2n) is 8.75. The van der Waals surface area contributed by atoms with Gasteiger partial charge in [0.25, 0.3) is 0 Å². The first-order valence-corrected chi connectivity index (χ1v) is 12.6. The number of esters is 1. The molecule has 30 heavy (non-hydrogen) atoms. The Morgan fingerprint density at radius 2 is 2.00 bits per heavy atom. The van der Waals surface area contributed by atoms with Gasteiger partial charge in [-0.15, -0.1) is 0 Å². The van der Waals surface area contributed by atoms with Crippen molar-refractivity contribution < 1.29 is 9.53 Å². The van der Waals surface area contributed by atoms with E-state index < -0.39 is 0 Å². The summed E-state index contributed by atoms with van der Waals surface area (Å²) in [6.45, 7) is 4.39. The monoisotopic (exact) mass is 426 g/mol. The van der Waals surface area contributed by atoms with E-state index >= 15 is 0 Å². The van der Waals surface area contributed by atoms with Crippen molar-refractivity contribution in [3.63, 3.8) is 0 Å². The van der Waals surface area contributed by atoms with Crippen molar-refractivity contribution >= 4 is 34.7 Å². The summed E-state index contributed by atoms with van der Waals surface area (Å²) in [6, 6.07) is 7.00. The van der Waals surface area contributed by atoms with Crippen LogP contribution in [0.15, 0.2) is 29.3 Å². The predicted octanol–water partition coefficient (Wildman–Crippen LogP) is 6.12. The zero-order valence-corrected chi connectivity index (χ0v) is 19.2. The Kier molecular flexibility index (Phi) is 6.87. The summed E-state index contributed by atoms with van der Waals surface area (Å²) < 4.78 is 4.98. The topological polar surface area (TPSA) is 41.9 Å². The maximum absolute atomic E-state index is 11.6. The summed E-state index contributed by atoms with van der Waals surface area (Å²) >= 11 is 1.97. The standard InChI is InChI=1S/C25H34N2O2S/c1-3-20-17-19(12-14-23(28)29-4-2)11-13-22(20)26-24-27(21-9-5-6-10-21)25(18-30-24)15-7-8-16-25/h11-14,17,21H,3-10,15-16,18H2,1-2H3. The summed E-state index contributed by atoms with van der Waals surface area (Å²) in [7, 11) is 0. The maximum atomic E-state index is 11.6. The lowest BCUT2D eigenvalue weighted by molar-refractivity contribution is -0.137. The molecule has 0 unspecified atom stereocenters. The van der Waals surface area contributed by atoms with Crippen LogP contribution in [0.1, 0.15) is 76.3 Å². The number of benzene rings is 1. The molecule has 1 aliphatic heterocycles. The van der Waals surface area contributed by atoms with Crippen LogP contribution in [0, 0.1) is 0 Å². The van der Waals surface area contributed by atoms with E-state index in [2.05, 4.69) is 30.0 Å². The highest BCUT2D eigenvalue weighted by atomic mass is 32.2. The van der Waals surface area contributed by atoms with Gasteiger partial charge in [0, 0.05) is 17.9 Å². The van der Waals surface area contributed by atoms with Crippen LogP contribution in [0.25, 0.3) is 6.08 Å². The van der Waals surface area contributed by atoms with Crippen LogP contribution in [-0.2, 0) is 16.0 Å². The van der Waals surface area contributed by atoms with Gasteiger partial charge in [-0.3, -0.25) is 0 Å². The SMILES string of the molecule is CCOC(=O)C=Cc1ccc(N=C2SCC3(CCCC3)N2C2CCCC2)c(CC)c1. The van der Waals surface area contributed by atoms with Crippen molar-refractivity contribution in [1.82, 2.24) is 4.90 Å². The van der Waals surface area contributed by atoms with Gasteiger partial charge >= 0.3 is 5.97 Å². The number of ether oxygens (including phenoxy) is 1. The van der Waals surface area contributed by atoms with Gasteiger partial charge in [0.15, 0.2) is 5.17 Å². The smallest absolute Gasteiger partial charge is 0.330 e. The van der Waals surface area contributed by atoms with E-state index in [0.717, 1.165) is 17.7 Å². The fraction of sp³-hybridized carbons (Fsp3) is 0.600. The molecule has 4 rings (SSSR count). The highest BCUT2D eigenvalue weighted by Gasteiger charge is 2.49. The molecular weight excluding hydrogens is 392 g/mol. The average Bonchev–Trinajstić information content (AvgIpc) is 3.50. The fourth-order valence-corrected chi connectivity index (χ4v) is 6.78. The zero-order chi connectivity index (χ0) is 21.0. The summed E-state index contributed by atoms with van der Waals surface area (Å²) in [5, 5.41) is 1.24. The van der Waals surface area contributed by atoms with Crippen LogP contribution >= 0.6 is 11.8 Å². The normalized spacial score (nSPS) is 22.7. The highest BCUT2D eigenvalue weighted by molar-refractivity contribution is 8.14. The third-order valence-electron chi connectivity index (χ3n) is 6.81. The summed E-state index contributed by atoms with van der Waals surface area (Å²) in [5.41, 5.74) is 3.68.